The molecule has 1 rings (SSSR count). The van der Waals surface area contributed by atoms with Gasteiger partial charge in [-0.1, -0.05) is 12.8 Å². The number of ether oxygens (including phenoxy) is 1. The fourth-order valence-corrected chi connectivity index (χ4v) is 1.60. The van der Waals surface area contributed by atoms with E-state index in [4.69, 9.17) is 21.9 Å². The normalized spacial score (nSPS) is 18.0. The van der Waals surface area contributed by atoms with E-state index in [1.165, 1.54) is 12.8 Å². The zero-order valence-electron chi connectivity index (χ0n) is 8.85. The topological polar surface area (TPSA) is 112 Å². The van der Waals surface area contributed by atoms with Gasteiger partial charge in [0.05, 0.1) is 19.3 Å². The lowest BCUT2D eigenvalue weighted by atomic mass is 10.3. The van der Waals surface area contributed by atoms with Gasteiger partial charge >= 0.3 is 0 Å². The van der Waals surface area contributed by atoms with Crippen LogP contribution in [-0.2, 0) is 4.74 Å². The molecule has 0 aromatic carbocycles. The van der Waals surface area contributed by atoms with Crippen LogP contribution in [0.3, 0.4) is 0 Å². The molecule has 0 amide bonds. The Kier molecular flexibility index (Phi) is 4.89. The number of hydrogen-bond donors (Lipinski definition) is 3. The fraction of sp³-hybridized carbons (Fsp3) is 0.778. The number of aliphatic imine (C=N–C) groups is 2. The van der Waals surface area contributed by atoms with Crippen molar-refractivity contribution in [1.82, 2.24) is 0 Å². The number of guanidine groups is 2. The lowest BCUT2D eigenvalue weighted by molar-refractivity contribution is 0.0643. The first-order valence-electron chi connectivity index (χ1n) is 5.19. The Balaban J connectivity index is 2.12. The molecule has 0 spiro atoms. The minimum atomic E-state index is -0.0760. The van der Waals surface area contributed by atoms with E-state index < -0.39 is 0 Å². The van der Waals surface area contributed by atoms with E-state index in [9.17, 15) is 0 Å². The highest BCUT2D eigenvalue weighted by atomic mass is 16.5. The zero-order valence-corrected chi connectivity index (χ0v) is 8.85. The maximum atomic E-state index is 5.58. The first-order chi connectivity index (χ1) is 7.18. The van der Waals surface area contributed by atoms with Gasteiger partial charge in [0.1, 0.15) is 0 Å². The fourth-order valence-electron chi connectivity index (χ4n) is 1.60. The maximum absolute atomic E-state index is 5.58. The molecule has 1 aliphatic rings. The van der Waals surface area contributed by atoms with Gasteiger partial charge in [-0.05, 0) is 12.8 Å². The summed E-state index contributed by atoms with van der Waals surface area (Å²) in [5, 5.41) is 0. The number of rotatable bonds is 4. The molecule has 1 aliphatic carbocycles. The van der Waals surface area contributed by atoms with Crippen LogP contribution in [0.25, 0.3) is 0 Å². The molecule has 6 N–H and O–H groups in total. The van der Waals surface area contributed by atoms with Crippen molar-refractivity contribution in [2.24, 2.45) is 27.2 Å². The highest BCUT2D eigenvalue weighted by molar-refractivity contribution is 5.92. The molecular weight excluding hydrogens is 194 g/mol. The van der Waals surface area contributed by atoms with Crippen LogP contribution in [0.15, 0.2) is 9.98 Å². The summed E-state index contributed by atoms with van der Waals surface area (Å²) in [6, 6.07) is 0. The average Bonchev–Trinajstić information content (AvgIpc) is 2.63. The third-order valence-corrected chi connectivity index (χ3v) is 2.26. The van der Waals surface area contributed by atoms with E-state index in [2.05, 4.69) is 9.98 Å². The van der Waals surface area contributed by atoms with Gasteiger partial charge in [-0.15, -0.1) is 0 Å². The molecule has 6 nitrogen and oxygen atoms in total. The first kappa shape index (κ1) is 11.8. The Hall–Kier alpha value is -1.30. The standard InChI is InChI=1S/C9H19N5O/c10-8(11)14-9(12)13-5-6-15-7-3-1-2-4-7/h7H,1-6H2,(H6,10,11,12,13,14). The maximum Gasteiger partial charge on any atom is 0.218 e. The van der Waals surface area contributed by atoms with Gasteiger partial charge in [-0.25, -0.2) is 4.99 Å². The first-order valence-corrected chi connectivity index (χ1v) is 5.19. The minimum absolute atomic E-state index is 0.0760. The Morgan fingerprint density at radius 3 is 2.47 bits per heavy atom. The van der Waals surface area contributed by atoms with Crippen LogP contribution in [0.4, 0.5) is 0 Å². The van der Waals surface area contributed by atoms with E-state index in [0.29, 0.717) is 19.3 Å². The van der Waals surface area contributed by atoms with Gasteiger partial charge in [-0.2, -0.15) is 4.99 Å². The second-order valence-corrected chi connectivity index (χ2v) is 3.55. The van der Waals surface area contributed by atoms with E-state index in [1.807, 2.05) is 0 Å². The quantitative estimate of drug-likeness (QED) is 0.333. The summed E-state index contributed by atoms with van der Waals surface area (Å²) in [7, 11) is 0. The molecular formula is C9H19N5O. The molecule has 0 radical (unpaired) electrons. The summed E-state index contributed by atoms with van der Waals surface area (Å²) in [5.74, 6) is 0.0259. The molecule has 0 heterocycles. The third-order valence-electron chi connectivity index (χ3n) is 2.26. The van der Waals surface area contributed by atoms with Gasteiger partial charge < -0.3 is 21.9 Å². The van der Waals surface area contributed by atoms with Crippen molar-refractivity contribution in [1.29, 1.82) is 0 Å². The predicted molar refractivity (Wildman–Crippen MR) is 60.5 cm³/mol. The Morgan fingerprint density at radius 1 is 1.20 bits per heavy atom. The summed E-state index contributed by atoms with van der Waals surface area (Å²) in [6.07, 6.45) is 5.26. The summed E-state index contributed by atoms with van der Waals surface area (Å²) >= 11 is 0. The monoisotopic (exact) mass is 213 g/mol. The highest BCUT2D eigenvalue weighted by Gasteiger charge is 2.14. The van der Waals surface area contributed by atoms with Crippen molar-refractivity contribution in [3.8, 4) is 0 Å². The summed E-state index contributed by atoms with van der Waals surface area (Å²) in [6.45, 7) is 1.07. The molecule has 0 aromatic rings. The average molecular weight is 213 g/mol. The second-order valence-electron chi connectivity index (χ2n) is 3.55. The molecule has 86 valence electrons. The molecule has 0 saturated heterocycles. The SMILES string of the molecule is NC(N)=NC(N)=NCCOC1CCCC1. The summed E-state index contributed by atoms with van der Waals surface area (Å²) in [5.41, 5.74) is 15.7. The van der Waals surface area contributed by atoms with Crippen LogP contribution in [0.1, 0.15) is 25.7 Å². The lowest BCUT2D eigenvalue weighted by Gasteiger charge is -2.08. The van der Waals surface area contributed by atoms with Crippen molar-refractivity contribution in [2.75, 3.05) is 13.2 Å². The van der Waals surface area contributed by atoms with Gasteiger partial charge in [0.2, 0.25) is 5.96 Å². The van der Waals surface area contributed by atoms with Crippen LogP contribution in [-0.4, -0.2) is 31.2 Å². The summed E-state index contributed by atoms with van der Waals surface area (Å²) < 4.78 is 5.58. The van der Waals surface area contributed by atoms with Crippen LogP contribution < -0.4 is 17.2 Å². The molecule has 0 unspecified atom stereocenters. The zero-order chi connectivity index (χ0) is 11.1. The van der Waals surface area contributed by atoms with Crippen LogP contribution in [0.5, 0.6) is 0 Å². The molecule has 0 aliphatic heterocycles. The van der Waals surface area contributed by atoms with Gasteiger partial charge in [-0.3, -0.25) is 0 Å². The van der Waals surface area contributed by atoms with E-state index >= 15 is 0 Å². The highest BCUT2D eigenvalue weighted by Crippen LogP contribution is 2.20. The number of nitrogens with two attached hydrogens (primary N) is 3. The second kappa shape index (κ2) is 6.23. The van der Waals surface area contributed by atoms with Crippen molar-refractivity contribution in [3.63, 3.8) is 0 Å². The minimum Gasteiger partial charge on any atom is -0.376 e. The molecule has 0 bridgehead atoms. The molecule has 6 heteroatoms. The molecule has 1 fully saturated rings. The summed E-state index contributed by atoms with van der Waals surface area (Å²) in [4.78, 5) is 7.54. The number of hydrogen-bond acceptors (Lipinski definition) is 2. The van der Waals surface area contributed by atoms with Crippen LogP contribution in [0.2, 0.25) is 0 Å². The Labute approximate surface area is 89.6 Å². The Bertz CT molecular complexity index is 241. The molecule has 0 atom stereocenters. The Morgan fingerprint density at radius 2 is 1.87 bits per heavy atom. The smallest absolute Gasteiger partial charge is 0.218 e. The lowest BCUT2D eigenvalue weighted by Crippen LogP contribution is -2.26. The van der Waals surface area contributed by atoms with Crippen molar-refractivity contribution < 1.29 is 4.74 Å². The van der Waals surface area contributed by atoms with E-state index in [0.717, 1.165) is 12.8 Å². The van der Waals surface area contributed by atoms with E-state index in [-0.39, 0.29) is 11.9 Å². The molecule has 1 saturated carbocycles. The van der Waals surface area contributed by atoms with Gasteiger partial charge in [0.25, 0.3) is 0 Å². The molecule has 0 aromatic heterocycles. The van der Waals surface area contributed by atoms with Crippen molar-refractivity contribution >= 4 is 11.9 Å². The van der Waals surface area contributed by atoms with Crippen LogP contribution in [0, 0.1) is 0 Å². The van der Waals surface area contributed by atoms with Crippen molar-refractivity contribution in [3.05, 3.63) is 0 Å². The van der Waals surface area contributed by atoms with Crippen LogP contribution >= 0.6 is 0 Å². The van der Waals surface area contributed by atoms with Crippen molar-refractivity contribution in [2.45, 2.75) is 31.8 Å². The van der Waals surface area contributed by atoms with E-state index in [1.54, 1.807) is 0 Å². The number of nitrogens with zero attached hydrogens (tertiary/aromatic N) is 2. The predicted octanol–water partition coefficient (Wildman–Crippen LogP) is -0.466. The largest absolute Gasteiger partial charge is 0.376 e. The van der Waals surface area contributed by atoms with Gasteiger partial charge in [0, 0.05) is 0 Å². The van der Waals surface area contributed by atoms with Gasteiger partial charge in [0.15, 0.2) is 5.96 Å². The third kappa shape index (κ3) is 5.21. The molecule has 15 heavy (non-hydrogen) atoms.